The normalized spacial score (nSPS) is 10.4. The van der Waals surface area contributed by atoms with E-state index >= 15 is 0 Å². The van der Waals surface area contributed by atoms with E-state index < -0.39 is 0 Å². The molecule has 2 aromatic carbocycles. The quantitative estimate of drug-likeness (QED) is 0.676. The Morgan fingerprint density at radius 3 is 2.24 bits per heavy atom. The minimum Gasteiger partial charge on any atom is -0.294 e. The topological polar surface area (TPSA) is 49.4 Å². The molecule has 1 N–H and O–H groups in total. The van der Waals surface area contributed by atoms with Gasteiger partial charge >= 0.3 is 0 Å². The number of hydrogen-bond donors (Lipinski definition) is 1. The van der Waals surface area contributed by atoms with Gasteiger partial charge in [0, 0.05) is 31.6 Å². The Morgan fingerprint density at radius 2 is 1.57 bits per heavy atom. The van der Waals surface area contributed by atoms with Gasteiger partial charge in [0.2, 0.25) is 0 Å². The average molecular weight is 282 g/mol. The molecule has 0 unspecified atom stereocenters. The number of carbonyl (C=O) groups is 2. The minimum atomic E-state index is -0.212. The van der Waals surface area contributed by atoms with E-state index in [1.807, 2.05) is 30.3 Å². The Hall–Kier alpha value is -2.46. The lowest BCUT2D eigenvalue weighted by Gasteiger charge is -2.14. The van der Waals surface area contributed by atoms with E-state index in [1.165, 1.54) is 0 Å². The number of carbonyl (C=O) groups excluding carboxylic acids is 2. The number of rotatable bonds is 5. The molecule has 0 bridgehead atoms. The SMILES string of the molecule is CN(C)NC(=O)c1ccccc1CC(=O)c1ccccc1. The zero-order valence-corrected chi connectivity index (χ0v) is 12.2. The van der Waals surface area contributed by atoms with Crippen molar-refractivity contribution in [1.29, 1.82) is 0 Å². The van der Waals surface area contributed by atoms with E-state index in [-0.39, 0.29) is 18.1 Å². The molecule has 0 aliphatic rings. The predicted octanol–water partition coefficient (Wildman–Crippen LogP) is 2.32. The molecule has 21 heavy (non-hydrogen) atoms. The number of hydrogen-bond acceptors (Lipinski definition) is 3. The van der Waals surface area contributed by atoms with Crippen LogP contribution in [0.2, 0.25) is 0 Å². The second-order valence-electron chi connectivity index (χ2n) is 4.96. The summed E-state index contributed by atoms with van der Waals surface area (Å²) in [5.74, 6) is -0.211. The van der Waals surface area contributed by atoms with Crippen LogP contribution in [0.4, 0.5) is 0 Å². The Balaban J connectivity index is 2.21. The summed E-state index contributed by atoms with van der Waals surface area (Å²) >= 11 is 0. The van der Waals surface area contributed by atoms with Gasteiger partial charge < -0.3 is 0 Å². The van der Waals surface area contributed by atoms with Gasteiger partial charge in [-0.15, -0.1) is 0 Å². The molecule has 0 fully saturated rings. The lowest BCUT2D eigenvalue weighted by molar-refractivity contribution is 0.0856. The van der Waals surface area contributed by atoms with Crippen LogP contribution in [0.1, 0.15) is 26.3 Å². The highest BCUT2D eigenvalue weighted by Crippen LogP contribution is 2.13. The third-order valence-corrected chi connectivity index (χ3v) is 3.03. The molecule has 0 spiro atoms. The standard InChI is InChI=1S/C17H18N2O2/c1-19(2)18-17(21)15-11-7-6-10-14(15)12-16(20)13-8-4-3-5-9-13/h3-11H,12H2,1-2H3,(H,18,21). The molecule has 4 heteroatoms. The molecule has 0 aliphatic carbocycles. The van der Waals surface area contributed by atoms with Crippen LogP contribution in [0.5, 0.6) is 0 Å². The van der Waals surface area contributed by atoms with Crippen LogP contribution in [-0.2, 0) is 6.42 Å². The fraction of sp³-hybridized carbons (Fsp3) is 0.176. The number of nitrogens with one attached hydrogen (secondary N) is 1. The molecule has 2 aromatic rings. The van der Waals surface area contributed by atoms with Crippen molar-refractivity contribution in [3.05, 3.63) is 71.3 Å². The first-order chi connectivity index (χ1) is 10.1. The maximum absolute atomic E-state index is 12.3. The van der Waals surface area contributed by atoms with Crippen molar-refractivity contribution in [3.63, 3.8) is 0 Å². The summed E-state index contributed by atoms with van der Waals surface area (Å²) in [6.07, 6.45) is 0.209. The van der Waals surface area contributed by atoms with E-state index in [2.05, 4.69) is 5.43 Å². The Labute approximate surface area is 124 Å². The summed E-state index contributed by atoms with van der Waals surface area (Å²) in [5, 5.41) is 1.58. The van der Waals surface area contributed by atoms with Crippen molar-refractivity contribution >= 4 is 11.7 Å². The van der Waals surface area contributed by atoms with Crippen LogP contribution in [0.25, 0.3) is 0 Å². The summed E-state index contributed by atoms with van der Waals surface area (Å²) in [6.45, 7) is 0. The Bertz CT molecular complexity index is 636. The van der Waals surface area contributed by atoms with E-state index in [0.717, 1.165) is 5.56 Å². The molecule has 0 saturated carbocycles. The molecule has 0 heterocycles. The van der Waals surface area contributed by atoms with Crippen LogP contribution in [0, 0.1) is 0 Å². The molecule has 0 radical (unpaired) electrons. The summed E-state index contributed by atoms with van der Waals surface area (Å²) < 4.78 is 0. The number of nitrogens with zero attached hydrogens (tertiary/aromatic N) is 1. The molecular weight excluding hydrogens is 264 g/mol. The van der Waals surface area contributed by atoms with Crippen LogP contribution in [0.3, 0.4) is 0 Å². The summed E-state index contributed by atoms with van der Waals surface area (Å²) in [5.41, 5.74) is 4.60. The van der Waals surface area contributed by atoms with Crippen molar-refractivity contribution < 1.29 is 9.59 Å². The van der Waals surface area contributed by atoms with Gasteiger partial charge in [0.15, 0.2) is 5.78 Å². The van der Waals surface area contributed by atoms with Crippen molar-refractivity contribution in [1.82, 2.24) is 10.4 Å². The van der Waals surface area contributed by atoms with Gasteiger partial charge in [-0.2, -0.15) is 0 Å². The number of amides is 1. The summed E-state index contributed by atoms with van der Waals surface area (Å²) in [6, 6.07) is 16.3. The zero-order chi connectivity index (χ0) is 15.2. The third-order valence-electron chi connectivity index (χ3n) is 3.03. The second kappa shape index (κ2) is 6.81. The largest absolute Gasteiger partial charge is 0.294 e. The summed E-state index contributed by atoms with van der Waals surface area (Å²) in [7, 11) is 3.49. The molecule has 1 amide bonds. The molecule has 0 atom stereocenters. The van der Waals surface area contributed by atoms with Gasteiger partial charge in [-0.3, -0.25) is 15.0 Å². The minimum absolute atomic E-state index is 0.000651. The third kappa shape index (κ3) is 4.00. The average Bonchev–Trinajstić information content (AvgIpc) is 2.48. The van der Waals surface area contributed by atoms with Gasteiger partial charge in [0.25, 0.3) is 5.91 Å². The molecule has 0 aromatic heterocycles. The second-order valence-corrected chi connectivity index (χ2v) is 4.96. The first-order valence-electron chi connectivity index (χ1n) is 6.72. The molecular formula is C17H18N2O2. The van der Waals surface area contributed by atoms with Gasteiger partial charge in [-0.05, 0) is 11.6 Å². The van der Waals surface area contributed by atoms with Crippen molar-refractivity contribution in [2.45, 2.75) is 6.42 Å². The predicted molar refractivity (Wildman–Crippen MR) is 82.1 cm³/mol. The van der Waals surface area contributed by atoms with Crippen LogP contribution >= 0.6 is 0 Å². The lowest BCUT2D eigenvalue weighted by Crippen LogP contribution is -2.36. The number of Topliss-reactive ketones (excluding diaryl/α,β-unsaturated/α-hetero) is 1. The fourth-order valence-electron chi connectivity index (χ4n) is 2.06. The highest BCUT2D eigenvalue weighted by atomic mass is 16.2. The fourth-order valence-corrected chi connectivity index (χ4v) is 2.06. The summed E-state index contributed by atoms with van der Waals surface area (Å²) in [4.78, 5) is 24.4. The van der Waals surface area contributed by atoms with Crippen LogP contribution in [0.15, 0.2) is 54.6 Å². The first-order valence-corrected chi connectivity index (χ1v) is 6.72. The molecule has 0 aliphatic heterocycles. The van der Waals surface area contributed by atoms with E-state index in [4.69, 9.17) is 0 Å². The van der Waals surface area contributed by atoms with Crippen molar-refractivity contribution in [2.75, 3.05) is 14.1 Å². The highest BCUT2D eigenvalue weighted by molar-refractivity contribution is 6.01. The molecule has 4 nitrogen and oxygen atoms in total. The molecule has 2 rings (SSSR count). The molecule has 108 valence electrons. The van der Waals surface area contributed by atoms with Crippen molar-refractivity contribution in [3.8, 4) is 0 Å². The van der Waals surface area contributed by atoms with E-state index in [9.17, 15) is 9.59 Å². The van der Waals surface area contributed by atoms with Gasteiger partial charge in [0.05, 0.1) is 0 Å². The number of benzene rings is 2. The van der Waals surface area contributed by atoms with E-state index in [1.54, 1.807) is 43.4 Å². The number of ketones is 1. The monoisotopic (exact) mass is 282 g/mol. The van der Waals surface area contributed by atoms with Gasteiger partial charge in [-0.1, -0.05) is 48.5 Å². The van der Waals surface area contributed by atoms with E-state index in [0.29, 0.717) is 11.1 Å². The lowest BCUT2D eigenvalue weighted by atomic mass is 9.98. The van der Waals surface area contributed by atoms with Gasteiger partial charge in [-0.25, -0.2) is 5.01 Å². The van der Waals surface area contributed by atoms with Crippen LogP contribution in [-0.4, -0.2) is 30.8 Å². The van der Waals surface area contributed by atoms with Gasteiger partial charge in [0.1, 0.15) is 0 Å². The van der Waals surface area contributed by atoms with Crippen molar-refractivity contribution in [2.24, 2.45) is 0 Å². The maximum Gasteiger partial charge on any atom is 0.265 e. The zero-order valence-electron chi connectivity index (χ0n) is 12.2. The number of hydrazine groups is 1. The maximum atomic E-state index is 12.3. The van der Waals surface area contributed by atoms with Crippen LogP contribution < -0.4 is 5.43 Å². The smallest absolute Gasteiger partial charge is 0.265 e. The first kappa shape index (κ1) is 14.9. The highest BCUT2D eigenvalue weighted by Gasteiger charge is 2.14. The Morgan fingerprint density at radius 1 is 0.952 bits per heavy atom. The molecule has 0 saturated heterocycles. The Kier molecular flexibility index (Phi) is 4.85.